The molecule has 2 amide bonds. The Morgan fingerprint density at radius 3 is 2.50 bits per heavy atom. The molecule has 1 aliphatic rings. The summed E-state index contributed by atoms with van der Waals surface area (Å²) in [5, 5.41) is 2.83. The standard InChI is InChI=1S/C25H32N2O3/c1-5-22(25(29)26-7-3)30-20-13-12-18-14-15-27(23(28)6-2)24(21(18)16-20)19-10-8-17(4)9-11-19/h8-13,16,22,24H,5-7,14-15H2,1-4H3,(H,26,29)/t22-,24-/m1/s1. The van der Waals surface area contributed by atoms with Crippen LogP contribution in [0.2, 0.25) is 0 Å². The van der Waals surface area contributed by atoms with E-state index in [0.717, 1.165) is 17.5 Å². The highest BCUT2D eigenvalue weighted by molar-refractivity contribution is 5.81. The molecule has 1 heterocycles. The largest absolute Gasteiger partial charge is 0.481 e. The molecule has 0 radical (unpaired) electrons. The van der Waals surface area contributed by atoms with E-state index < -0.39 is 6.10 Å². The summed E-state index contributed by atoms with van der Waals surface area (Å²) in [6.45, 7) is 9.08. The van der Waals surface area contributed by atoms with Crippen molar-refractivity contribution in [1.29, 1.82) is 0 Å². The lowest BCUT2D eigenvalue weighted by atomic mass is 9.87. The number of likely N-dealkylation sites (N-methyl/N-ethyl adjacent to an activating group) is 1. The van der Waals surface area contributed by atoms with Crippen LogP contribution in [0.15, 0.2) is 42.5 Å². The molecular formula is C25H32N2O3. The lowest BCUT2D eigenvalue weighted by Gasteiger charge is -2.38. The SMILES string of the molecule is CCNC(=O)[C@@H](CC)Oc1ccc2c(c1)[C@@H](c1ccc(C)cc1)N(C(=O)CC)CC2. The van der Waals surface area contributed by atoms with E-state index in [1.165, 1.54) is 11.1 Å². The molecule has 0 saturated carbocycles. The summed E-state index contributed by atoms with van der Waals surface area (Å²) in [5.74, 6) is 0.705. The number of hydrogen-bond acceptors (Lipinski definition) is 3. The van der Waals surface area contributed by atoms with Crippen LogP contribution in [0.1, 0.15) is 61.9 Å². The molecule has 2 atom stereocenters. The second kappa shape index (κ2) is 9.79. The summed E-state index contributed by atoms with van der Waals surface area (Å²) in [6, 6.07) is 14.2. The monoisotopic (exact) mass is 408 g/mol. The van der Waals surface area contributed by atoms with Crippen LogP contribution in [0, 0.1) is 6.92 Å². The van der Waals surface area contributed by atoms with Crippen molar-refractivity contribution in [2.45, 2.75) is 59.1 Å². The molecular weight excluding hydrogens is 376 g/mol. The normalized spacial score (nSPS) is 16.5. The number of carbonyl (C=O) groups is 2. The fourth-order valence-electron chi connectivity index (χ4n) is 4.02. The molecule has 5 nitrogen and oxygen atoms in total. The third kappa shape index (κ3) is 4.66. The molecule has 2 aromatic carbocycles. The number of ether oxygens (including phenoxy) is 1. The Hall–Kier alpha value is -2.82. The number of nitrogens with zero attached hydrogens (tertiary/aromatic N) is 1. The van der Waals surface area contributed by atoms with Crippen molar-refractivity contribution >= 4 is 11.8 Å². The number of benzene rings is 2. The molecule has 0 saturated heterocycles. The fourth-order valence-corrected chi connectivity index (χ4v) is 4.02. The molecule has 0 aliphatic carbocycles. The minimum atomic E-state index is -0.530. The maximum atomic E-state index is 12.7. The minimum absolute atomic E-state index is 0.101. The maximum Gasteiger partial charge on any atom is 0.261 e. The minimum Gasteiger partial charge on any atom is -0.481 e. The number of fused-ring (bicyclic) bond motifs is 1. The summed E-state index contributed by atoms with van der Waals surface area (Å²) in [5.41, 5.74) is 4.58. The summed E-state index contributed by atoms with van der Waals surface area (Å²) in [7, 11) is 0. The van der Waals surface area contributed by atoms with Crippen molar-refractivity contribution < 1.29 is 14.3 Å². The van der Waals surface area contributed by atoms with Gasteiger partial charge in [-0.1, -0.05) is 49.7 Å². The van der Waals surface area contributed by atoms with Gasteiger partial charge in [-0.05, 0) is 55.5 Å². The van der Waals surface area contributed by atoms with Crippen LogP contribution in [0.4, 0.5) is 0 Å². The van der Waals surface area contributed by atoms with Crippen LogP contribution in [0.5, 0.6) is 5.75 Å². The van der Waals surface area contributed by atoms with Gasteiger partial charge >= 0.3 is 0 Å². The van der Waals surface area contributed by atoms with Crippen LogP contribution in [0.25, 0.3) is 0 Å². The zero-order valence-corrected chi connectivity index (χ0v) is 18.4. The van der Waals surface area contributed by atoms with Crippen molar-refractivity contribution in [1.82, 2.24) is 10.2 Å². The summed E-state index contributed by atoms with van der Waals surface area (Å²) >= 11 is 0. The molecule has 0 bridgehead atoms. The Morgan fingerprint density at radius 1 is 1.13 bits per heavy atom. The van der Waals surface area contributed by atoms with E-state index in [9.17, 15) is 9.59 Å². The van der Waals surface area contributed by atoms with Crippen LogP contribution in [-0.4, -0.2) is 35.9 Å². The number of aryl methyl sites for hydroxylation is 1. The highest BCUT2D eigenvalue weighted by Gasteiger charge is 2.32. The van der Waals surface area contributed by atoms with Crippen LogP contribution in [-0.2, 0) is 16.0 Å². The van der Waals surface area contributed by atoms with Crippen molar-refractivity contribution in [3.05, 3.63) is 64.7 Å². The van der Waals surface area contributed by atoms with E-state index >= 15 is 0 Å². The molecule has 1 aliphatic heterocycles. The first-order valence-corrected chi connectivity index (χ1v) is 10.9. The van der Waals surface area contributed by atoms with Crippen molar-refractivity contribution in [2.75, 3.05) is 13.1 Å². The Balaban J connectivity index is 1.99. The van der Waals surface area contributed by atoms with Gasteiger partial charge in [0.2, 0.25) is 5.91 Å². The van der Waals surface area contributed by atoms with E-state index in [-0.39, 0.29) is 17.9 Å². The van der Waals surface area contributed by atoms with Gasteiger partial charge in [-0.15, -0.1) is 0 Å². The topological polar surface area (TPSA) is 58.6 Å². The Kier molecular flexibility index (Phi) is 7.14. The van der Waals surface area contributed by atoms with Gasteiger partial charge in [-0.3, -0.25) is 9.59 Å². The molecule has 30 heavy (non-hydrogen) atoms. The number of amides is 2. The number of rotatable bonds is 7. The van der Waals surface area contributed by atoms with E-state index in [1.54, 1.807) is 0 Å². The first kappa shape index (κ1) is 21.9. The molecule has 0 fully saturated rings. The molecule has 1 N–H and O–H groups in total. The van der Waals surface area contributed by atoms with Gasteiger partial charge in [0.1, 0.15) is 5.75 Å². The van der Waals surface area contributed by atoms with E-state index in [1.807, 2.05) is 37.8 Å². The molecule has 0 spiro atoms. The lowest BCUT2D eigenvalue weighted by Crippen LogP contribution is -2.40. The number of nitrogens with one attached hydrogen (secondary N) is 1. The molecule has 3 rings (SSSR count). The molecule has 5 heteroatoms. The zero-order chi connectivity index (χ0) is 21.7. The number of carbonyl (C=O) groups excluding carboxylic acids is 2. The lowest BCUT2D eigenvalue weighted by molar-refractivity contribution is -0.133. The van der Waals surface area contributed by atoms with Gasteiger partial charge in [0.15, 0.2) is 6.10 Å². The maximum absolute atomic E-state index is 12.7. The summed E-state index contributed by atoms with van der Waals surface area (Å²) < 4.78 is 6.05. The Bertz CT molecular complexity index is 892. The zero-order valence-electron chi connectivity index (χ0n) is 18.4. The molecule has 0 unspecified atom stereocenters. The fraction of sp³-hybridized carbons (Fsp3) is 0.440. The first-order valence-electron chi connectivity index (χ1n) is 10.9. The van der Waals surface area contributed by atoms with E-state index in [4.69, 9.17) is 4.74 Å². The Labute approximate surface area is 179 Å². The van der Waals surface area contributed by atoms with Crippen molar-refractivity contribution in [2.24, 2.45) is 0 Å². The summed E-state index contributed by atoms with van der Waals surface area (Å²) in [6.07, 6.45) is 1.35. The third-order valence-electron chi connectivity index (χ3n) is 5.65. The second-order valence-corrected chi connectivity index (χ2v) is 7.77. The average Bonchev–Trinajstić information content (AvgIpc) is 2.76. The quantitative estimate of drug-likeness (QED) is 0.748. The van der Waals surface area contributed by atoms with Gasteiger partial charge in [0, 0.05) is 19.5 Å². The predicted molar refractivity (Wildman–Crippen MR) is 119 cm³/mol. The van der Waals surface area contributed by atoms with E-state index in [2.05, 4.69) is 42.6 Å². The van der Waals surface area contributed by atoms with Crippen LogP contribution in [0.3, 0.4) is 0 Å². The smallest absolute Gasteiger partial charge is 0.261 e. The molecule has 160 valence electrons. The van der Waals surface area contributed by atoms with Gasteiger partial charge in [-0.2, -0.15) is 0 Å². The second-order valence-electron chi connectivity index (χ2n) is 7.77. The predicted octanol–water partition coefficient (Wildman–Crippen LogP) is 4.17. The molecule has 2 aromatic rings. The van der Waals surface area contributed by atoms with E-state index in [0.29, 0.717) is 31.7 Å². The van der Waals surface area contributed by atoms with Gasteiger partial charge in [0.05, 0.1) is 6.04 Å². The van der Waals surface area contributed by atoms with Crippen molar-refractivity contribution in [3.8, 4) is 5.75 Å². The average molecular weight is 409 g/mol. The van der Waals surface area contributed by atoms with Crippen LogP contribution < -0.4 is 10.1 Å². The van der Waals surface area contributed by atoms with Crippen LogP contribution >= 0.6 is 0 Å². The Morgan fingerprint density at radius 2 is 1.87 bits per heavy atom. The highest BCUT2D eigenvalue weighted by atomic mass is 16.5. The number of hydrogen-bond donors (Lipinski definition) is 1. The first-order chi connectivity index (χ1) is 14.5. The van der Waals surface area contributed by atoms with Crippen molar-refractivity contribution in [3.63, 3.8) is 0 Å². The van der Waals surface area contributed by atoms with Gasteiger partial charge in [-0.25, -0.2) is 0 Å². The van der Waals surface area contributed by atoms with Gasteiger partial charge in [0.25, 0.3) is 5.91 Å². The third-order valence-corrected chi connectivity index (χ3v) is 5.65. The highest BCUT2D eigenvalue weighted by Crippen LogP contribution is 2.37. The van der Waals surface area contributed by atoms with Gasteiger partial charge < -0.3 is 15.0 Å². The molecule has 0 aromatic heterocycles. The summed E-state index contributed by atoms with van der Waals surface area (Å²) in [4.78, 5) is 27.0.